The quantitative estimate of drug-likeness (QED) is 0.670. The van der Waals surface area contributed by atoms with Gasteiger partial charge in [0.1, 0.15) is 11.6 Å². The molecule has 2 atom stereocenters. The molecule has 1 aromatic rings. The Balaban J connectivity index is 2.09. The summed E-state index contributed by atoms with van der Waals surface area (Å²) in [5.74, 6) is 1.76. The van der Waals surface area contributed by atoms with E-state index in [0.29, 0.717) is 6.04 Å². The first kappa shape index (κ1) is 13.6. The van der Waals surface area contributed by atoms with Crippen molar-refractivity contribution in [2.75, 3.05) is 5.32 Å². The summed E-state index contributed by atoms with van der Waals surface area (Å²) in [6.07, 6.45) is 6.97. The zero-order chi connectivity index (χ0) is 13.0. The number of hydrogen-bond acceptors (Lipinski definition) is 3. The van der Waals surface area contributed by atoms with Crippen LogP contribution in [0, 0.1) is 6.92 Å². The van der Waals surface area contributed by atoms with Crippen molar-refractivity contribution in [1.82, 2.24) is 9.97 Å². The molecule has 1 N–H and O–H groups in total. The number of hydrogen-bond donors (Lipinski definition) is 1. The molecule has 1 aliphatic rings. The number of nitrogens with one attached hydrogen (secondary N) is 1. The Hall–Kier alpha value is -0.830. The molecule has 0 aromatic carbocycles. The summed E-state index contributed by atoms with van der Waals surface area (Å²) in [6.45, 7) is 4.05. The third kappa shape index (κ3) is 3.58. The van der Waals surface area contributed by atoms with Crippen LogP contribution in [0.3, 0.4) is 0 Å². The highest BCUT2D eigenvalue weighted by molar-refractivity contribution is 6.21. The smallest absolute Gasteiger partial charge is 0.130 e. The van der Waals surface area contributed by atoms with Crippen molar-refractivity contribution in [3.05, 3.63) is 17.6 Å². The first-order chi connectivity index (χ1) is 8.69. The van der Waals surface area contributed by atoms with Gasteiger partial charge >= 0.3 is 0 Å². The van der Waals surface area contributed by atoms with Crippen LogP contribution in [0.15, 0.2) is 6.07 Å². The van der Waals surface area contributed by atoms with Gasteiger partial charge < -0.3 is 5.32 Å². The van der Waals surface area contributed by atoms with Crippen LogP contribution < -0.4 is 5.32 Å². The van der Waals surface area contributed by atoms with E-state index >= 15 is 0 Å². The van der Waals surface area contributed by atoms with E-state index in [4.69, 9.17) is 11.6 Å². The summed E-state index contributed by atoms with van der Waals surface area (Å²) in [7, 11) is 0. The van der Waals surface area contributed by atoms with Gasteiger partial charge in [0.2, 0.25) is 0 Å². The minimum Gasteiger partial charge on any atom is -0.366 e. The highest BCUT2D eigenvalue weighted by Gasteiger charge is 2.22. The second-order valence-electron chi connectivity index (χ2n) is 5.05. The fraction of sp³-hybridized carbons (Fsp3) is 0.714. The molecule has 4 heteroatoms. The van der Waals surface area contributed by atoms with Crippen molar-refractivity contribution in [2.24, 2.45) is 0 Å². The number of halogens is 1. The lowest BCUT2D eigenvalue weighted by atomic mass is 10.1. The third-order valence-corrected chi connectivity index (χ3v) is 4.04. The third-order valence-electron chi connectivity index (χ3n) is 3.52. The van der Waals surface area contributed by atoms with Crippen molar-refractivity contribution < 1.29 is 0 Å². The predicted octanol–water partition coefficient (Wildman–Crippen LogP) is 3.70. The van der Waals surface area contributed by atoms with Gasteiger partial charge in [-0.1, -0.05) is 26.2 Å². The second-order valence-corrected chi connectivity index (χ2v) is 5.61. The first-order valence-corrected chi connectivity index (χ1v) is 7.38. The highest BCUT2D eigenvalue weighted by Crippen LogP contribution is 2.25. The van der Waals surface area contributed by atoms with Crippen molar-refractivity contribution in [2.45, 2.75) is 63.8 Å². The topological polar surface area (TPSA) is 37.8 Å². The minimum atomic E-state index is 0.216. The monoisotopic (exact) mass is 267 g/mol. The summed E-state index contributed by atoms with van der Waals surface area (Å²) < 4.78 is 0. The molecule has 0 bridgehead atoms. The van der Waals surface area contributed by atoms with Gasteiger partial charge in [-0.3, -0.25) is 0 Å². The SMILES string of the molecule is CCc1cc(NC2CCCCCC2Cl)nc(C)n1. The van der Waals surface area contributed by atoms with E-state index in [1.807, 2.05) is 13.0 Å². The zero-order valence-electron chi connectivity index (χ0n) is 11.2. The molecule has 0 spiro atoms. The van der Waals surface area contributed by atoms with Gasteiger partial charge in [0.05, 0.1) is 5.38 Å². The Morgan fingerprint density at radius 1 is 1.28 bits per heavy atom. The molecule has 0 amide bonds. The Kier molecular flexibility index (Phi) is 4.81. The molecule has 0 saturated heterocycles. The molecule has 1 heterocycles. The van der Waals surface area contributed by atoms with Crippen LogP contribution in [0.2, 0.25) is 0 Å². The van der Waals surface area contributed by atoms with Crippen LogP contribution in [0.4, 0.5) is 5.82 Å². The van der Waals surface area contributed by atoms with Crippen molar-refractivity contribution in [3.63, 3.8) is 0 Å². The van der Waals surface area contributed by atoms with Gasteiger partial charge in [-0.25, -0.2) is 9.97 Å². The number of nitrogens with zero attached hydrogens (tertiary/aromatic N) is 2. The van der Waals surface area contributed by atoms with E-state index in [9.17, 15) is 0 Å². The second kappa shape index (κ2) is 6.37. The average Bonchev–Trinajstić information content (AvgIpc) is 2.54. The molecule has 3 nitrogen and oxygen atoms in total. The summed E-state index contributed by atoms with van der Waals surface area (Å²) in [4.78, 5) is 8.86. The summed E-state index contributed by atoms with van der Waals surface area (Å²) in [5, 5.41) is 3.72. The molecule has 18 heavy (non-hydrogen) atoms. The number of aryl methyl sites for hydroxylation is 2. The lowest BCUT2D eigenvalue weighted by Crippen LogP contribution is -2.29. The van der Waals surface area contributed by atoms with Gasteiger partial charge in [-0.2, -0.15) is 0 Å². The lowest BCUT2D eigenvalue weighted by molar-refractivity contribution is 0.624. The van der Waals surface area contributed by atoms with Gasteiger partial charge in [0.25, 0.3) is 0 Å². The first-order valence-electron chi connectivity index (χ1n) is 6.94. The molecule has 1 saturated carbocycles. The molecule has 1 aromatic heterocycles. The molecular formula is C14H22ClN3. The Morgan fingerprint density at radius 2 is 2.06 bits per heavy atom. The molecule has 2 unspecified atom stereocenters. The molecule has 1 fully saturated rings. The van der Waals surface area contributed by atoms with E-state index in [-0.39, 0.29) is 5.38 Å². The molecular weight excluding hydrogens is 246 g/mol. The maximum atomic E-state index is 6.44. The molecule has 100 valence electrons. The van der Waals surface area contributed by atoms with Crippen molar-refractivity contribution >= 4 is 17.4 Å². The maximum absolute atomic E-state index is 6.44. The molecule has 1 aliphatic carbocycles. The van der Waals surface area contributed by atoms with Crippen molar-refractivity contribution in [1.29, 1.82) is 0 Å². The Bertz CT molecular complexity index is 395. The number of rotatable bonds is 3. The van der Waals surface area contributed by atoms with E-state index in [2.05, 4.69) is 22.2 Å². The Labute approximate surface area is 114 Å². The van der Waals surface area contributed by atoms with E-state index in [0.717, 1.165) is 36.6 Å². The molecule has 0 aliphatic heterocycles. The van der Waals surface area contributed by atoms with Crippen LogP contribution in [-0.4, -0.2) is 21.4 Å². The van der Waals surface area contributed by atoms with Gasteiger partial charge in [-0.15, -0.1) is 11.6 Å². The molecule has 2 rings (SSSR count). The van der Waals surface area contributed by atoms with E-state index < -0.39 is 0 Å². The van der Waals surface area contributed by atoms with Gasteiger partial charge in [0.15, 0.2) is 0 Å². The number of aromatic nitrogens is 2. The average molecular weight is 268 g/mol. The minimum absolute atomic E-state index is 0.216. The van der Waals surface area contributed by atoms with Gasteiger partial charge in [0, 0.05) is 17.8 Å². The normalized spacial score (nSPS) is 24.6. The van der Waals surface area contributed by atoms with Crippen LogP contribution in [0.25, 0.3) is 0 Å². The van der Waals surface area contributed by atoms with Gasteiger partial charge in [-0.05, 0) is 26.2 Å². The highest BCUT2D eigenvalue weighted by atomic mass is 35.5. The largest absolute Gasteiger partial charge is 0.366 e. The standard InChI is InChI=1S/C14H22ClN3/c1-3-11-9-14(17-10(2)16-11)18-13-8-6-4-5-7-12(13)15/h9,12-13H,3-8H2,1-2H3,(H,16,17,18). The maximum Gasteiger partial charge on any atom is 0.130 e. The van der Waals surface area contributed by atoms with Crippen molar-refractivity contribution in [3.8, 4) is 0 Å². The van der Waals surface area contributed by atoms with Crippen LogP contribution in [-0.2, 0) is 6.42 Å². The van der Waals surface area contributed by atoms with Crippen LogP contribution in [0.5, 0.6) is 0 Å². The predicted molar refractivity (Wildman–Crippen MR) is 76.3 cm³/mol. The van der Waals surface area contributed by atoms with E-state index in [1.54, 1.807) is 0 Å². The van der Waals surface area contributed by atoms with Crippen LogP contribution >= 0.6 is 11.6 Å². The summed E-state index contributed by atoms with van der Waals surface area (Å²) in [6, 6.07) is 2.38. The zero-order valence-corrected chi connectivity index (χ0v) is 12.0. The van der Waals surface area contributed by atoms with Crippen LogP contribution in [0.1, 0.15) is 50.5 Å². The molecule has 0 radical (unpaired) electrons. The number of anilines is 1. The fourth-order valence-electron chi connectivity index (χ4n) is 2.50. The summed E-state index contributed by atoms with van der Waals surface area (Å²) in [5.41, 5.74) is 1.09. The van der Waals surface area contributed by atoms with E-state index in [1.165, 1.54) is 19.3 Å². The summed E-state index contributed by atoms with van der Waals surface area (Å²) >= 11 is 6.44. The Morgan fingerprint density at radius 3 is 2.83 bits per heavy atom. The number of alkyl halides is 1. The lowest BCUT2D eigenvalue weighted by Gasteiger charge is -2.22. The fourth-order valence-corrected chi connectivity index (χ4v) is 2.84.